The average Bonchev–Trinajstić information content (AvgIpc) is 3.15. The van der Waals surface area contributed by atoms with E-state index in [2.05, 4.69) is 20.9 Å². The van der Waals surface area contributed by atoms with Gasteiger partial charge in [0.2, 0.25) is 0 Å². The molecule has 4 N–H and O–H groups in total. The van der Waals surface area contributed by atoms with Crippen LogP contribution in [0, 0.1) is 0 Å². The number of amides is 3. The Hall–Kier alpha value is -4.12. The summed E-state index contributed by atoms with van der Waals surface area (Å²) in [6.45, 7) is 0. The molecule has 1 heterocycles. The summed E-state index contributed by atoms with van der Waals surface area (Å²) in [7, 11) is 0. The molecule has 0 saturated heterocycles. The highest BCUT2D eigenvalue weighted by Crippen LogP contribution is 2.30. The van der Waals surface area contributed by atoms with Gasteiger partial charge in [-0.3, -0.25) is 10.1 Å². The van der Waals surface area contributed by atoms with Crippen LogP contribution in [-0.4, -0.2) is 22.0 Å². The number of thiazole rings is 1. The third kappa shape index (κ3) is 5.39. The van der Waals surface area contributed by atoms with E-state index >= 15 is 0 Å². The highest BCUT2D eigenvalue weighted by atomic mass is 32.1. The first-order chi connectivity index (χ1) is 15.7. The van der Waals surface area contributed by atoms with Crippen molar-refractivity contribution >= 4 is 50.0 Å². The van der Waals surface area contributed by atoms with Crippen molar-refractivity contribution in [3.8, 4) is 5.75 Å². The summed E-state index contributed by atoms with van der Waals surface area (Å²) in [6.07, 6.45) is -4.54. The van der Waals surface area contributed by atoms with Crippen LogP contribution in [0.3, 0.4) is 0 Å². The Morgan fingerprint density at radius 2 is 1.58 bits per heavy atom. The van der Waals surface area contributed by atoms with E-state index in [1.54, 1.807) is 12.1 Å². The number of phenols is 1. The molecule has 3 aromatic carbocycles. The molecule has 0 unspecified atom stereocenters. The number of nitrogens with zero attached hydrogens (tertiary/aromatic N) is 1. The van der Waals surface area contributed by atoms with Gasteiger partial charge in [0, 0.05) is 16.9 Å². The minimum Gasteiger partial charge on any atom is -0.508 e. The zero-order valence-corrected chi connectivity index (χ0v) is 17.4. The minimum atomic E-state index is -4.54. The normalized spacial score (nSPS) is 11.2. The van der Waals surface area contributed by atoms with Gasteiger partial charge in [0.1, 0.15) is 5.75 Å². The molecule has 0 atom stereocenters. The summed E-state index contributed by atoms with van der Waals surface area (Å²) in [4.78, 5) is 28.7. The highest BCUT2D eigenvalue weighted by Gasteiger charge is 2.30. The van der Waals surface area contributed by atoms with Crippen molar-refractivity contribution < 1.29 is 27.9 Å². The van der Waals surface area contributed by atoms with Crippen molar-refractivity contribution in [2.45, 2.75) is 6.18 Å². The number of carbonyl (C=O) groups excluding carboxylic acids is 2. The first kappa shape index (κ1) is 22.1. The molecule has 4 aromatic rings. The predicted octanol–water partition coefficient (Wildman–Crippen LogP) is 5.92. The van der Waals surface area contributed by atoms with Crippen LogP contribution in [0.5, 0.6) is 5.75 Å². The highest BCUT2D eigenvalue weighted by molar-refractivity contribution is 7.22. The van der Waals surface area contributed by atoms with Gasteiger partial charge in [-0.25, -0.2) is 9.78 Å². The first-order valence-corrected chi connectivity index (χ1v) is 10.3. The molecule has 0 aliphatic heterocycles. The molecule has 0 aliphatic carbocycles. The van der Waals surface area contributed by atoms with E-state index in [1.807, 2.05) is 0 Å². The lowest BCUT2D eigenvalue weighted by atomic mass is 10.1. The SMILES string of the molecule is O=C(Nc1ccc(NC(=O)c2cccc(C(F)(F)F)c2)cc1)Nc1nc2ccc(O)cc2s1. The lowest BCUT2D eigenvalue weighted by Gasteiger charge is -2.10. The summed E-state index contributed by atoms with van der Waals surface area (Å²) in [5.74, 6) is -0.594. The van der Waals surface area contributed by atoms with Crippen molar-refractivity contribution in [2.24, 2.45) is 0 Å². The maximum atomic E-state index is 12.8. The number of carbonyl (C=O) groups is 2. The fraction of sp³-hybridized carbons (Fsp3) is 0.0455. The standard InChI is InChI=1S/C22H15F3N4O3S/c23-22(24,25)13-3-1-2-12(10-13)19(31)26-14-4-6-15(7-5-14)27-20(32)29-21-28-17-9-8-16(30)11-18(17)33-21/h1-11,30H,(H,26,31)(H2,27,28,29,32). The molecule has 0 bridgehead atoms. The van der Waals surface area contributed by atoms with Crippen LogP contribution in [0.2, 0.25) is 0 Å². The van der Waals surface area contributed by atoms with Gasteiger partial charge in [0.25, 0.3) is 5.91 Å². The molecular weight excluding hydrogens is 457 g/mol. The second-order valence-corrected chi connectivity index (χ2v) is 7.89. The van der Waals surface area contributed by atoms with Crippen molar-refractivity contribution in [2.75, 3.05) is 16.0 Å². The minimum absolute atomic E-state index is 0.0994. The van der Waals surface area contributed by atoms with Crippen LogP contribution >= 0.6 is 11.3 Å². The Labute approximate surface area is 188 Å². The Morgan fingerprint density at radius 1 is 0.879 bits per heavy atom. The molecule has 0 aliphatic rings. The average molecular weight is 472 g/mol. The summed E-state index contributed by atoms with van der Waals surface area (Å²) in [5, 5.41) is 17.6. The third-order valence-electron chi connectivity index (χ3n) is 4.45. The molecule has 0 spiro atoms. The summed E-state index contributed by atoms with van der Waals surface area (Å²) in [6, 6.07) is 14.3. The number of halogens is 3. The fourth-order valence-corrected chi connectivity index (χ4v) is 3.80. The Kier molecular flexibility index (Phi) is 5.88. The van der Waals surface area contributed by atoms with Crippen molar-refractivity contribution in [3.05, 3.63) is 77.9 Å². The Morgan fingerprint density at radius 3 is 2.27 bits per heavy atom. The van der Waals surface area contributed by atoms with E-state index < -0.39 is 23.7 Å². The number of anilines is 3. The molecule has 168 valence electrons. The van der Waals surface area contributed by atoms with E-state index in [9.17, 15) is 27.9 Å². The number of aromatic nitrogens is 1. The maximum Gasteiger partial charge on any atom is 0.416 e. The molecular formula is C22H15F3N4O3S. The number of alkyl halides is 3. The third-order valence-corrected chi connectivity index (χ3v) is 5.38. The van der Waals surface area contributed by atoms with Crippen LogP contribution < -0.4 is 16.0 Å². The van der Waals surface area contributed by atoms with Crippen molar-refractivity contribution in [1.29, 1.82) is 0 Å². The molecule has 1 aromatic heterocycles. The topological polar surface area (TPSA) is 103 Å². The number of rotatable bonds is 4. The second kappa shape index (κ2) is 8.79. The van der Waals surface area contributed by atoms with Crippen LogP contribution in [0.4, 0.5) is 34.5 Å². The van der Waals surface area contributed by atoms with Gasteiger partial charge in [-0.2, -0.15) is 13.2 Å². The van der Waals surface area contributed by atoms with E-state index in [1.165, 1.54) is 47.7 Å². The van der Waals surface area contributed by atoms with E-state index in [0.717, 1.165) is 18.2 Å². The number of phenolic OH excluding ortho intramolecular Hbond substituents is 1. The van der Waals surface area contributed by atoms with E-state index in [4.69, 9.17) is 0 Å². The number of urea groups is 1. The monoisotopic (exact) mass is 472 g/mol. The molecule has 33 heavy (non-hydrogen) atoms. The Bertz CT molecular complexity index is 1340. The zero-order valence-electron chi connectivity index (χ0n) is 16.6. The van der Waals surface area contributed by atoms with E-state index in [0.29, 0.717) is 26.7 Å². The number of benzene rings is 3. The molecule has 3 amide bonds. The number of nitrogens with one attached hydrogen (secondary N) is 3. The number of hydrogen-bond donors (Lipinski definition) is 4. The van der Waals surface area contributed by atoms with Crippen molar-refractivity contribution in [3.63, 3.8) is 0 Å². The predicted molar refractivity (Wildman–Crippen MR) is 120 cm³/mol. The zero-order chi connectivity index (χ0) is 23.6. The summed E-state index contributed by atoms with van der Waals surface area (Å²) < 4.78 is 39.2. The van der Waals surface area contributed by atoms with Gasteiger partial charge in [0.05, 0.1) is 15.8 Å². The largest absolute Gasteiger partial charge is 0.508 e. The van der Waals surface area contributed by atoms with Crippen LogP contribution in [0.15, 0.2) is 66.7 Å². The second-order valence-electron chi connectivity index (χ2n) is 6.86. The quantitative estimate of drug-likeness (QED) is 0.296. The van der Waals surface area contributed by atoms with Gasteiger partial charge < -0.3 is 15.7 Å². The fourth-order valence-electron chi connectivity index (χ4n) is 2.90. The molecule has 4 rings (SSSR count). The van der Waals surface area contributed by atoms with Crippen molar-refractivity contribution in [1.82, 2.24) is 4.98 Å². The van der Waals surface area contributed by atoms with Gasteiger partial charge in [-0.15, -0.1) is 0 Å². The summed E-state index contributed by atoms with van der Waals surface area (Å²) in [5.41, 5.74) is 0.354. The van der Waals surface area contributed by atoms with Gasteiger partial charge >= 0.3 is 12.2 Å². The van der Waals surface area contributed by atoms with Gasteiger partial charge in [0.15, 0.2) is 5.13 Å². The molecule has 0 radical (unpaired) electrons. The Balaban J connectivity index is 1.36. The first-order valence-electron chi connectivity index (χ1n) is 9.44. The lowest BCUT2D eigenvalue weighted by Crippen LogP contribution is -2.19. The molecule has 0 fully saturated rings. The van der Waals surface area contributed by atoms with Gasteiger partial charge in [-0.05, 0) is 60.7 Å². The number of fused-ring (bicyclic) bond motifs is 1. The van der Waals surface area contributed by atoms with Gasteiger partial charge in [-0.1, -0.05) is 17.4 Å². The van der Waals surface area contributed by atoms with Crippen LogP contribution in [-0.2, 0) is 6.18 Å². The molecule has 11 heteroatoms. The van der Waals surface area contributed by atoms with Crippen LogP contribution in [0.1, 0.15) is 15.9 Å². The number of aromatic hydroxyl groups is 1. The lowest BCUT2D eigenvalue weighted by molar-refractivity contribution is -0.137. The van der Waals surface area contributed by atoms with E-state index in [-0.39, 0.29) is 11.3 Å². The van der Waals surface area contributed by atoms with Crippen LogP contribution in [0.25, 0.3) is 10.2 Å². The summed E-state index contributed by atoms with van der Waals surface area (Å²) >= 11 is 1.20. The smallest absolute Gasteiger partial charge is 0.416 e. The maximum absolute atomic E-state index is 12.8. The molecule has 7 nitrogen and oxygen atoms in total. The number of hydrogen-bond acceptors (Lipinski definition) is 5. The molecule has 0 saturated carbocycles.